The molecule has 0 saturated carbocycles. The Hall–Kier alpha value is -1.95. The topological polar surface area (TPSA) is 108 Å². The van der Waals surface area contributed by atoms with Crippen LogP contribution in [0.5, 0.6) is 0 Å². The number of hydrogen-bond acceptors (Lipinski definition) is 5. The van der Waals surface area contributed by atoms with Crippen molar-refractivity contribution in [1.82, 2.24) is 15.0 Å². The molecule has 0 unspecified atom stereocenters. The Bertz CT molecular complexity index is 632. The Kier molecular flexibility index (Phi) is 6.11. The van der Waals surface area contributed by atoms with E-state index in [1.165, 1.54) is 18.5 Å². The number of carbonyl (C=O) groups is 1. The summed E-state index contributed by atoms with van der Waals surface area (Å²) in [6, 6.07) is 1.54. The molecule has 1 rings (SSSR count). The van der Waals surface area contributed by atoms with E-state index in [-0.39, 0.29) is 25.6 Å². The summed E-state index contributed by atoms with van der Waals surface area (Å²) in [5.74, 6) is 4.72. The van der Waals surface area contributed by atoms with Crippen LogP contribution in [0, 0.1) is 11.8 Å². The number of nitrogens with one attached hydrogen (secondary N) is 2. The van der Waals surface area contributed by atoms with E-state index in [4.69, 9.17) is 5.11 Å². The van der Waals surface area contributed by atoms with Gasteiger partial charge < -0.3 is 10.4 Å². The van der Waals surface area contributed by atoms with Gasteiger partial charge in [-0.1, -0.05) is 11.8 Å². The van der Waals surface area contributed by atoms with E-state index in [0.29, 0.717) is 11.1 Å². The number of carbonyl (C=O) groups excluding carboxylic acids is 1. The lowest BCUT2D eigenvalue weighted by Gasteiger charge is -2.05. The van der Waals surface area contributed by atoms with Crippen LogP contribution < -0.4 is 10.0 Å². The zero-order chi connectivity index (χ0) is 15.0. The Labute approximate surface area is 117 Å². The van der Waals surface area contributed by atoms with Gasteiger partial charge in [-0.15, -0.1) is 0 Å². The van der Waals surface area contributed by atoms with Crippen molar-refractivity contribution < 1.29 is 18.3 Å². The number of aromatic nitrogens is 1. The Morgan fingerprint density at radius 3 is 2.80 bits per heavy atom. The standard InChI is InChI=1S/C12H15N3O4S/c1-20(18,19)15-5-4-14-12(17)11-7-10(3-2-6-16)8-13-9-11/h7-9,15-16H,4-6H2,1H3,(H,14,17). The van der Waals surface area contributed by atoms with E-state index in [1.807, 2.05) is 0 Å². The molecule has 0 aliphatic carbocycles. The lowest BCUT2D eigenvalue weighted by Crippen LogP contribution is -2.34. The van der Waals surface area contributed by atoms with E-state index in [2.05, 4.69) is 26.9 Å². The van der Waals surface area contributed by atoms with Gasteiger partial charge in [-0.05, 0) is 6.07 Å². The Morgan fingerprint density at radius 1 is 1.40 bits per heavy atom. The minimum Gasteiger partial charge on any atom is -0.384 e. The summed E-state index contributed by atoms with van der Waals surface area (Å²) in [7, 11) is -3.26. The maximum Gasteiger partial charge on any atom is 0.252 e. The molecule has 0 atom stereocenters. The number of nitrogens with zero attached hydrogens (tertiary/aromatic N) is 1. The van der Waals surface area contributed by atoms with Gasteiger partial charge in [0, 0.05) is 31.0 Å². The van der Waals surface area contributed by atoms with Crippen LogP contribution in [0.4, 0.5) is 0 Å². The predicted molar refractivity (Wildman–Crippen MR) is 73.4 cm³/mol. The van der Waals surface area contributed by atoms with Crippen LogP contribution in [0.25, 0.3) is 0 Å². The SMILES string of the molecule is CS(=O)(=O)NCCNC(=O)c1cncc(C#CCO)c1. The first-order valence-corrected chi connectivity index (χ1v) is 7.59. The molecule has 1 aromatic heterocycles. The monoisotopic (exact) mass is 297 g/mol. The lowest BCUT2D eigenvalue weighted by molar-refractivity contribution is 0.0954. The quantitative estimate of drug-likeness (QED) is 0.462. The van der Waals surface area contributed by atoms with Gasteiger partial charge >= 0.3 is 0 Å². The summed E-state index contributed by atoms with van der Waals surface area (Å²) in [6.07, 6.45) is 3.90. The van der Waals surface area contributed by atoms with Crippen molar-refractivity contribution in [3.8, 4) is 11.8 Å². The third-order valence-electron chi connectivity index (χ3n) is 2.09. The molecule has 0 bridgehead atoms. The van der Waals surface area contributed by atoms with Gasteiger partial charge in [0.15, 0.2) is 0 Å². The zero-order valence-electron chi connectivity index (χ0n) is 10.9. The first-order chi connectivity index (χ1) is 9.42. The average molecular weight is 297 g/mol. The molecule has 20 heavy (non-hydrogen) atoms. The van der Waals surface area contributed by atoms with Crippen LogP contribution in [0.3, 0.4) is 0 Å². The fourth-order valence-corrected chi connectivity index (χ4v) is 1.76. The van der Waals surface area contributed by atoms with Crippen molar-refractivity contribution in [3.63, 3.8) is 0 Å². The lowest BCUT2D eigenvalue weighted by atomic mass is 10.2. The van der Waals surface area contributed by atoms with E-state index in [0.717, 1.165) is 6.26 Å². The van der Waals surface area contributed by atoms with Gasteiger partial charge in [-0.3, -0.25) is 9.78 Å². The van der Waals surface area contributed by atoms with Crippen LogP contribution in [0.2, 0.25) is 0 Å². The highest BCUT2D eigenvalue weighted by Gasteiger charge is 2.06. The van der Waals surface area contributed by atoms with Crippen molar-refractivity contribution in [3.05, 3.63) is 29.6 Å². The first-order valence-electron chi connectivity index (χ1n) is 5.70. The second-order valence-corrected chi connectivity index (χ2v) is 5.68. The first kappa shape index (κ1) is 16.1. The number of amides is 1. The van der Waals surface area contributed by atoms with Crippen LogP contribution in [-0.4, -0.2) is 50.4 Å². The predicted octanol–water partition coefficient (Wildman–Crippen LogP) is -1.30. The minimum absolute atomic E-state index is 0.113. The molecule has 7 nitrogen and oxygen atoms in total. The molecule has 0 spiro atoms. The molecule has 0 fully saturated rings. The van der Waals surface area contributed by atoms with Crippen LogP contribution in [0.15, 0.2) is 18.5 Å². The van der Waals surface area contributed by atoms with Gasteiger partial charge in [-0.2, -0.15) is 0 Å². The summed E-state index contributed by atoms with van der Waals surface area (Å²) >= 11 is 0. The maximum atomic E-state index is 11.8. The number of rotatable bonds is 5. The molecule has 3 N–H and O–H groups in total. The molecular weight excluding hydrogens is 282 g/mol. The van der Waals surface area contributed by atoms with Crippen molar-refractivity contribution >= 4 is 15.9 Å². The molecule has 0 aromatic carbocycles. The molecular formula is C12H15N3O4S. The van der Waals surface area contributed by atoms with E-state index >= 15 is 0 Å². The van der Waals surface area contributed by atoms with Gasteiger partial charge in [0.1, 0.15) is 6.61 Å². The van der Waals surface area contributed by atoms with Gasteiger partial charge in [-0.25, -0.2) is 13.1 Å². The second-order valence-electron chi connectivity index (χ2n) is 3.84. The maximum absolute atomic E-state index is 11.8. The molecule has 0 radical (unpaired) electrons. The normalized spacial score (nSPS) is 10.5. The minimum atomic E-state index is -3.26. The fraction of sp³-hybridized carbons (Fsp3) is 0.333. The molecule has 0 aliphatic rings. The van der Waals surface area contributed by atoms with Gasteiger partial charge in [0.05, 0.1) is 11.8 Å². The summed E-state index contributed by atoms with van der Waals surface area (Å²) in [5.41, 5.74) is 0.829. The van der Waals surface area contributed by atoms with Crippen molar-refractivity contribution in [2.45, 2.75) is 0 Å². The summed E-state index contributed by atoms with van der Waals surface area (Å²) in [5, 5.41) is 11.1. The molecule has 108 valence electrons. The largest absolute Gasteiger partial charge is 0.384 e. The van der Waals surface area contributed by atoms with Crippen LogP contribution >= 0.6 is 0 Å². The number of aliphatic hydroxyl groups excluding tert-OH is 1. The van der Waals surface area contributed by atoms with E-state index in [9.17, 15) is 13.2 Å². The van der Waals surface area contributed by atoms with Crippen LogP contribution in [0.1, 0.15) is 15.9 Å². The third kappa shape index (κ3) is 6.29. The Morgan fingerprint density at radius 2 is 2.15 bits per heavy atom. The van der Waals surface area contributed by atoms with Crippen molar-refractivity contribution in [2.75, 3.05) is 26.0 Å². The molecule has 8 heteroatoms. The second kappa shape index (κ2) is 7.59. The zero-order valence-corrected chi connectivity index (χ0v) is 11.7. The van der Waals surface area contributed by atoms with E-state index in [1.54, 1.807) is 0 Å². The molecule has 1 amide bonds. The van der Waals surface area contributed by atoms with Crippen molar-refractivity contribution in [1.29, 1.82) is 0 Å². The number of aliphatic hydroxyl groups is 1. The van der Waals surface area contributed by atoms with Gasteiger partial charge in [0.25, 0.3) is 5.91 Å². The average Bonchev–Trinajstić information content (AvgIpc) is 2.40. The highest BCUT2D eigenvalue weighted by atomic mass is 32.2. The molecule has 1 aromatic rings. The summed E-state index contributed by atoms with van der Waals surface area (Å²) in [6.45, 7) is 0.00798. The van der Waals surface area contributed by atoms with Gasteiger partial charge in [0.2, 0.25) is 10.0 Å². The molecule has 1 heterocycles. The summed E-state index contributed by atoms with van der Waals surface area (Å²) in [4.78, 5) is 15.6. The Balaban J connectivity index is 2.55. The van der Waals surface area contributed by atoms with E-state index < -0.39 is 10.0 Å². The third-order valence-corrected chi connectivity index (χ3v) is 2.82. The highest BCUT2D eigenvalue weighted by molar-refractivity contribution is 7.88. The number of pyridine rings is 1. The smallest absolute Gasteiger partial charge is 0.252 e. The number of sulfonamides is 1. The fourth-order valence-electron chi connectivity index (χ4n) is 1.29. The molecule has 0 saturated heterocycles. The van der Waals surface area contributed by atoms with Crippen molar-refractivity contribution in [2.24, 2.45) is 0 Å². The number of hydrogen-bond donors (Lipinski definition) is 3. The summed E-state index contributed by atoms with van der Waals surface area (Å²) < 4.78 is 23.9. The van der Waals surface area contributed by atoms with Crippen LogP contribution in [-0.2, 0) is 10.0 Å². The highest BCUT2D eigenvalue weighted by Crippen LogP contribution is 2.01. The molecule has 0 aliphatic heterocycles.